The van der Waals surface area contributed by atoms with Crippen LogP contribution in [0.4, 0.5) is 11.4 Å². The van der Waals surface area contributed by atoms with Crippen molar-refractivity contribution in [2.75, 3.05) is 10.6 Å². The maximum atomic E-state index is 5.30. The van der Waals surface area contributed by atoms with Crippen LogP contribution in [0, 0.1) is 27.7 Å². The van der Waals surface area contributed by atoms with Gasteiger partial charge in [-0.25, -0.2) is 0 Å². The molecule has 2 rings (SSSR count). The molecule has 0 radical (unpaired) electrons. The van der Waals surface area contributed by atoms with E-state index in [0.717, 1.165) is 22.5 Å². The monoisotopic (exact) mass is 358 g/mol. The standard InChI is InChI=1S/C18H22N4S2/c1-11-8-9-13(3)16(10-11)20-18(24)22-21-17(23)19-15-7-5-6-12(2)14(15)4/h5-10H,1-4H3,(H2,19,21,23)(H2,20,22,24). The van der Waals surface area contributed by atoms with E-state index in [-0.39, 0.29) is 0 Å². The van der Waals surface area contributed by atoms with Crippen LogP contribution in [0.5, 0.6) is 0 Å². The zero-order valence-corrected chi connectivity index (χ0v) is 15.9. The first-order chi connectivity index (χ1) is 11.4. The van der Waals surface area contributed by atoms with Crippen molar-refractivity contribution in [3.63, 3.8) is 0 Å². The van der Waals surface area contributed by atoms with E-state index in [0.29, 0.717) is 10.2 Å². The molecule has 0 fully saturated rings. The van der Waals surface area contributed by atoms with Crippen molar-refractivity contribution in [2.24, 2.45) is 0 Å². The van der Waals surface area contributed by atoms with Gasteiger partial charge in [-0.2, -0.15) is 0 Å². The second-order valence-corrected chi connectivity index (χ2v) is 6.54. The summed E-state index contributed by atoms with van der Waals surface area (Å²) in [5.41, 5.74) is 12.4. The highest BCUT2D eigenvalue weighted by atomic mass is 32.1. The largest absolute Gasteiger partial charge is 0.331 e. The normalized spacial score (nSPS) is 10.0. The summed E-state index contributed by atoms with van der Waals surface area (Å²) in [5, 5.41) is 7.23. The van der Waals surface area contributed by atoms with E-state index in [1.807, 2.05) is 26.0 Å². The molecule has 4 nitrogen and oxygen atoms in total. The number of rotatable bonds is 2. The van der Waals surface area contributed by atoms with E-state index in [9.17, 15) is 0 Å². The number of hydrazine groups is 1. The van der Waals surface area contributed by atoms with Crippen molar-refractivity contribution < 1.29 is 0 Å². The summed E-state index contributed by atoms with van der Waals surface area (Å²) >= 11 is 10.6. The maximum absolute atomic E-state index is 5.30. The molecule has 0 aromatic heterocycles. The second kappa shape index (κ2) is 8.08. The summed E-state index contributed by atoms with van der Waals surface area (Å²) in [4.78, 5) is 0. The molecule has 0 spiro atoms. The van der Waals surface area contributed by atoms with Crippen LogP contribution in [0.3, 0.4) is 0 Å². The number of aryl methyl sites for hydroxylation is 3. The minimum absolute atomic E-state index is 0.453. The molecule has 0 aliphatic heterocycles. The van der Waals surface area contributed by atoms with E-state index in [2.05, 4.69) is 59.6 Å². The Morgan fingerprint density at radius 3 is 2.04 bits per heavy atom. The molecule has 6 heteroatoms. The highest BCUT2D eigenvalue weighted by Gasteiger charge is 2.04. The third-order valence-electron chi connectivity index (χ3n) is 3.78. The summed E-state index contributed by atoms with van der Waals surface area (Å²) in [6.07, 6.45) is 0. The van der Waals surface area contributed by atoms with Crippen molar-refractivity contribution in [2.45, 2.75) is 27.7 Å². The molecule has 0 aliphatic rings. The Kier molecular flexibility index (Phi) is 6.11. The summed E-state index contributed by atoms with van der Waals surface area (Å²) < 4.78 is 0. The van der Waals surface area contributed by atoms with Gasteiger partial charge in [-0.3, -0.25) is 10.9 Å². The number of benzene rings is 2. The molecule has 0 saturated carbocycles. The van der Waals surface area contributed by atoms with Crippen LogP contribution in [0.15, 0.2) is 36.4 Å². The Bertz CT molecular complexity index is 756. The Labute approximate surface area is 154 Å². The molecule has 2 aromatic rings. The maximum Gasteiger partial charge on any atom is 0.189 e. The molecular weight excluding hydrogens is 336 g/mol. The summed E-state index contributed by atoms with van der Waals surface area (Å²) in [6.45, 7) is 8.20. The fraction of sp³-hybridized carbons (Fsp3) is 0.222. The van der Waals surface area contributed by atoms with Gasteiger partial charge in [0.15, 0.2) is 10.2 Å². The van der Waals surface area contributed by atoms with Crippen LogP contribution in [0.25, 0.3) is 0 Å². The summed E-state index contributed by atoms with van der Waals surface area (Å²) in [6, 6.07) is 12.2. The first-order valence-electron chi connectivity index (χ1n) is 7.64. The molecule has 0 aliphatic carbocycles. The molecule has 0 saturated heterocycles. The topological polar surface area (TPSA) is 48.1 Å². The molecule has 0 amide bonds. The van der Waals surface area contributed by atoms with Gasteiger partial charge in [-0.1, -0.05) is 24.3 Å². The number of nitrogens with one attached hydrogen (secondary N) is 4. The predicted molar refractivity (Wildman–Crippen MR) is 111 cm³/mol. The fourth-order valence-corrected chi connectivity index (χ4v) is 2.50. The van der Waals surface area contributed by atoms with Gasteiger partial charge in [0.05, 0.1) is 0 Å². The third-order valence-corrected chi connectivity index (χ3v) is 4.19. The van der Waals surface area contributed by atoms with Crippen LogP contribution in [0.1, 0.15) is 22.3 Å². The number of hydrogen-bond donors (Lipinski definition) is 4. The minimum Gasteiger partial charge on any atom is -0.331 e. The molecule has 126 valence electrons. The Hall–Kier alpha value is -2.18. The summed E-state index contributed by atoms with van der Waals surface area (Å²) in [5.74, 6) is 0. The Morgan fingerprint density at radius 1 is 0.750 bits per heavy atom. The number of anilines is 2. The molecule has 0 bridgehead atoms. The molecule has 24 heavy (non-hydrogen) atoms. The first kappa shape index (κ1) is 18.2. The van der Waals surface area contributed by atoms with E-state index < -0.39 is 0 Å². The summed E-state index contributed by atoms with van der Waals surface area (Å²) in [7, 11) is 0. The van der Waals surface area contributed by atoms with Crippen LogP contribution >= 0.6 is 24.4 Å². The lowest BCUT2D eigenvalue weighted by Crippen LogP contribution is -2.45. The molecule has 2 aromatic carbocycles. The van der Waals surface area contributed by atoms with Gasteiger partial charge in [0.2, 0.25) is 0 Å². The van der Waals surface area contributed by atoms with E-state index in [1.54, 1.807) is 0 Å². The van der Waals surface area contributed by atoms with Crippen LogP contribution in [0.2, 0.25) is 0 Å². The number of hydrogen-bond acceptors (Lipinski definition) is 2. The first-order valence-corrected chi connectivity index (χ1v) is 8.46. The highest BCUT2D eigenvalue weighted by Crippen LogP contribution is 2.18. The second-order valence-electron chi connectivity index (χ2n) is 5.72. The number of thiocarbonyl (C=S) groups is 2. The van der Waals surface area contributed by atoms with Gasteiger partial charge in [0.1, 0.15) is 0 Å². The van der Waals surface area contributed by atoms with Gasteiger partial charge in [0.25, 0.3) is 0 Å². The van der Waals surface area contributed by atoms with Crippen molar-refractivity contribution in [3.8, 4) is 0 Å². The zero-order valence-electron chi connectivity index (χ0n) is 14.3. The molecule has 4 N–H and O–H groups in total. The van der Waals surface area contributed by atoms with Gasteiger partial charge >= 0.3 is 0 Å². The van der Waals surface area contributed by atoms with Crippen molar-refractivity contribution in [3.05, 3.63) is 58.7 Å². The third kappa shape index (κ3) is 4.91. The molecule has 0 heterocycles. The quantitative estimate of drug-likeness (QED) is 0.479. The molecular formula is C18H22N4S2. The van der Waals surface area contributed by atoms with Gasteiger partial charge in [-0.15, -0.1) is 0 Å². The van der Waals surface area contributed by atoms with Crippen molar-refractivity contribution >= 4 is 46.0 Å². The van der Waals surface area contributed by atoms with Crippen molar-refractivity contribution in [1.29, 1.82) is 0 Å². The van der Waals surface area contributed by atoms with Crippen LogP contribution in [-0.2, 0) is 0 Å². The highest BCUT2D eigenvalue weighted by molar-refractivity contribution is 7.81. The predicted octanol–water partition coefficient (Wildman–Crippen LogP) is 4.11. The van der Waals surface area contributed by atoms with Gasteiger partial charge < -0.3 is 10.6 Å². The van der Waals surface area contributed by atoms with E-state index >= 15 is 0 Å². The lowest BCUT2D eigenvalue weighted by atomic mass is 10.1. The fourth-order valence-electron chi connectivity index (χ4n) is 2.18. The minimum atomic E-state index is 0.453. The van der Waals surface area contributed by atoms with Gasteiger partial charge in [0, 0.05) is 11.4 Å². The van der Waals surface area contributed by atoms with E-state index in [4.69, 9.17) is 24.4 Å². The van der Waals surface area contributed by atoms with Crippen LogP contribution < -0.4 is 21.5 Å². The van der Waals surface area contributed by atoms with E-state index in [1.165, 1.54) is 11.1 Å². The average molecular weight is 359 g/mol. The average Bonchev–Trinajstić information content (AvgIpc) is 2.53. The lowest BCUT2D eigenvalue weighted by molar-refractivity contribution is 0.885. The SMILES string of the molecule is Cc1ccc(C)c(NC(=S)NNC(=S)Nc2cccc(C)c2C)c1. The molecule has 0 atom stereocenters. The zero-order chi connectivity index (χ0) is 17.7. The molecule has 0 unspecified atom stereocenters. The smallest absolute Gasteiger partial charge is 0.189 e. The van der Waals surface area contributed by atoms with Gasteiger partial charge in [-0.05, 0) is 86.5 Å². The van der Waals surface area contributed by atoms with Crippen molar-refractivity contribution in [1.82, 2.24) is 10.9 Å². The Morgan fingerprint density at radius 2 is 1.38 bits per heavy atom. The Balaban J connectivity index is 1.88. The van der Waals surface area contributed by atoms with Crippen LogP contribution in [-0.4, -0.2) is 10.2 Å². The lowest BCUT2D eigenvalue weighted by Gasteiger charge is -2.17.